The number of nitrogens with zero attached hydrogens (tertiary/aromatic N) is 4. The van der Waals surface area contributed by atoms with Crippen LogP contribution < -0.4 is 5.56 Å². The van der Waals surface area contributed by atoms with Crippen LogP contribution >= 0.6 is 0 Å². The van der Waals surface area contributed by atoms with Gasteiger partial charge in [0.25, 0.3) is 5.56 Å². The summed E-state index contributed by atoms with van der Waals surface area (Å²) >= 11 is 0. The molecule has 6 nitrogen and oxygen atoms in total. The first-order valence-electron chi connectivity index (χ1n) is 9.12. The molecule has 0 unspecified atom stereocenters. The molecular weight excluding hydrogens is 338 g/mol. The van der Waals surface area contributed by atoms with Gasteiger partial charge in [-0.05, 0) is 32.9 Å². The third-order valence-corrected chi connectivity index (χ3v) is 5.06. The van der Waals surface area contributed by atoms with Crippen molar-refractivity contribution in [1.29, 1.82) is 0 Å². The number of hydrogen-bond acceptors (Lipinski definition) is 3. The van der Waals surface area contributed by atoms with E-state index in [9.17, 15) is 4.79 Å². The summed E-state index contributed by atoms with van der Waals surface area (Å²) in [6.45, 7) is 8.85. The molecule has 0 aliphatic heterocycles. The van der Waals surface area contributed by atoms with E-state index < -0.39 is 0 Å². The van der Waals surface area contributed by atoms with Crippen molar-refractivity contribution in [3.63, 3.8) is 0 Å². The highest BCUT2D eigenvalue weighted by atomic mass is 16.1. The summed E-state index contributed by atoms with van der Waals surface area (Å²) in [5.74, 6) is 0.0815. The van der Waals surface area contributed by atoms with Crippen LogP contribution in [0, 0.1) is 20.8 Å². The van der Waals surface area contributed by atoms with Gasteiger partial charge in [0, 0.05) is 41.5 Å². The zero-order chi connectivity index (χ0) is 19.1. The smallest absolute Gasteiger partial charge is 0.272 e. The summed E-state index contributed by atoms with van der Waals surface area (Å²) in [4.78, 5) is 17.5. The first-order chi connectivity index (χ1) is 12.9. The van der Waals surface area contributed by atoms with Crippen molar-refractivity contribution in [2.24, 2.45) is 0 Å². The molecule has 1 N–H and O–H groups in total. The molecule has 1 aromatic carbocycles. The molecule has 4 rings (SSSR count). The third kappa shape index (κ3) is 3.07. The van der Waals surface area contributed by atoms with Gasteiger partial charge in [-0.2, -0.15) is 5.10 Å². The number of rotatable bonds is 4. The summed E-state index contributed by atoms with van der Waals surface area (Å²) in [5, 5.41) is 7.56. The number of hydrogen-bond donors (Lipinski definition) is 1. The minimum absolute atomic E-state index is 0.0815. The topological polar surface area (TPSA) is 68.0 Å². The van der Waals surface area contributed by atoms with E-state index in [1.165, 1.54) is 10.1 Å². The second kappa shape index (κ2) is 6.54. The van der Waals surface area contributed by atoms with E-state index in [-0.39, 0.29) is 11.5 Å². The maximum absolute atomic E-state index is 12.7. The largest absolute Gasteiger partial charge is 0.289 e. The average molecular weight is 361 g/mol. The number of aromatic amines is 1. The molecule has 0 fully saturated rings. The summed E-state index contributed by atoms with van der Waals surface area (Å²) in [5.41, 5.74) is 6.60. The fourth-order valence-corrected chi connectivity index (χ4v) is 3.44. The molecule has 0 saturated heterocycles. The number of fused-ring (bicyclic) bond motifs is 1. The zero-order valence-electron chi connectivity index (χ0n) is 16.0. The van der Waals surface area contributed by atoms with Crippen molar-refractivity contribution >= 4 is 5.65 Å². The fourth-order valence-electron chi connectivity index (χ4n) is 3.44. The van der Waals surface area contributed by atoms with Crippen molar-refractivity contribution in [1.82, 2.24) is 24.4 Å². The monoisotopic (exact) mass is 361 g/mol. The first-order valence-corrected chi connectivity index (χ1v) is 9.12. The molecule has 27 heavy (non-hydrogen) atoms. The Bertz CT molecular complexity index is 1180. The first kappa shape index (κ1) is 17.3. The van der Waals surface area contributed by atoms with Gasteiger partial charge in [-0.25, -0.2) is 9.50 Å². The van der Waals surface area contributed by atoms with Gasteiger partial charge in [0.2, 0.25) is 0 Å². The highest BCUT2D eigenvalue weighted by Gasteiger charge is 2.17. The molecule has 0 aliphatic rings. The second-order valence-corrected chi connectivity index (χ2v) is 7.22. The van der Waals surface area contributed by atoms with Gasteiger partial charge in [0.1, 0.15) is 0 Å². The Labute approximate surface area is 157 Å². The number of nitrogens with one attached hydrogen (secondary N) is 1. The fraction of sp³-hybridized carbons (Fsp3) is 0.286. The molecule has 138 valence electrons. The molecule has 3 aromatic heterocycles. The van der Waals surface area contributed by atoms with E-state index in [1.54, 1.807) is 12.3 Å². The number of aryl methyl sites for hydroxylation is 3. The lowest BCUT2D eigenvalue weighted by Gasteiger charge is -2.12. The van der Waals surface area contributed by atoms with Crippen LogP contribution in [0.3, 0.4) is 0 Å². The molecule has 0 amide bonds. The van der Waals surface area contributed by atoms with Gasteiger partial charge < -0.3 is 0 Å². The Hall–Kier alpha value is -3.15. The highest BCUT2D eigenvalue weighted by molar-refractivity contribution is 5.70. The van der Waals surface area contributed by atoms with Crippen molar-refractivity contribution in [3.8, 4) is 11.3 Å². The van der Waals surface area contributed by atoms with Crippen molar-refractivity contribution < 1.29 is 0 Å². The summed E-state index contributed by atoms with van der Waals surface area (Å²) in [7, 11) is 0. The lowest BCUT2D eigenvalue weighted by Crippen LogP contribution is -2.18. The Balaban J connectivity index is 1.78. The van der Waals surface area contributed by atoms with Gasteiger partial charge in [-0.15, -0.1) is 0 Å². The minimum Gasteiger partial charge on any atom is -0.289 e. The van der Waals surface area contributed by atoms with E-state index in [4.69, 9.17) is 4.98 Å². The lowest BCUT2D eigenvalue weighted by molar-refractivity contribution is 0.523. The van der Waals surface area contributed by atoms with Crippen molar-refractivity contribution in [2.45, 2.75) is 40.2 Å². The predicted octanol–water partition coefficient (Wildman–Crippen LogP) is 3.62. The number of aromatic nitrogens is 5. The van der Waals surface area contributed by atoms with Gasteiger partial charge in [0.15, 0.2) is 5.65 Å². The van der Waals surface area contributed by atoms with Crippen LogP contribution in [0.5, 0.6) is 0 Å². The molecule has 0 radical (unpaired) electrons. The van der Waals surface area contributed by atoms with Gasteiger partial charge in [-0.3, -0.25) is 14.6 Å². The van der Waals surface area contributed by atoms with E-state index in [1.807, 2.05) is 36.7 Å². The van der Waals surface area contributed by atoms with Crippen molar-refractivity contribution in [2.75, 3.05) is 0 Å². The highest BCUT2D eigenvalue weighted by Crippen LogP contribution is 2.25. The number of benzene rings is 1. The maximum atomic E-state index is 12.7. The van der Waals surface area contributed by atoms with E-state index >= 15 is 0 Å². The van der Waals surface area contributed by atoms with Crippen LogP contribution in [0.1, 0.15) is 35.4 Å². The van der Waals surface area contributed by atoms with Crippen LogP contribution in [-0.4, -0.2) is 24.4 Å². The molecule has 0 bridgehead atoms. The maximum Gasteiger partial charge on any atom is 0.272 e. The van der Waals surface area contributed by atoms with Gasteiger partial charge in [-0.1, -0.05) is 30.7 Å². The average Bonchev–Trinajstić information content (AvgIpc) is 3.19. The molecule has 4 aromatic rings. The minimum atomic E-state index is -0.0963. The quantitative estimate of drug-likeness (QED) is 0.604. The molecule has 0 aliphatic carbocycles. The summed E-state index contributed by atoms with van der Waals surface area (Å²) in [6.07, 6.45) is 1.79. The second-order valence-electron chi connectivity index (χ2n) is 7.22. The zero-order valence-corrected chi connectivity index (χ0v) is 16.0. The van der Waals surface area contributed by atoms with Gasteiger partial charge in [0.05, 0.1) is 11.4 Å². The van der Waals surface area contributed by atoms with Crippen LogP contribution in [0.15, 0.2) is 47.4 Å². The SMILES string of the molecule is Cc1cccc(-c2[nH]n3c(=O)cc([C@@H](C)Cn4nccc4C)nc3c2C)c1. The van der Waals surface area contributed by atoms with E-state index in [2.05, 4.69) is 36.2 Å². The molecule has 3 heterocycles. The van der Waals surface area contributed by atoms with Crippen LogP contribution in [0.2, 0.25) is 0 Å². The molecule has 1 atom stereocenters. The van der Waals surface area contributed by atoms with Crippen LogP contribution in [0.4, 0.5) is 0 Å². The normalized spacial score (nSPS) is 12.6. The predicted molar refractivity (Wildman–Crippen MR) is 106 cm³/mol. The standard InChI is InChI=1S/C21H23N5O/c1-13-6-5-7-17(10-13)20-16(4)21-23-18(11-19(27)26(21)24-20)14(2)12-25-15(3)8-9-22-25/h5-11,14,24H,12H2,1-4H3/t14-/m0/s1. The lowest BCUT2D eigenvalue weighted by atomic mass is 10.1. The van der Waals surface area contributed by atoms with Crippen LogP contribution in [-0.2, 0) is 6.54 Å². The summed E-state index contributed by atoms with van der Waals surface area (Å²) in [6, 6.07) is 11.8. The Morgan fingerprint density at radius 2 is 1.96 bits per heavy atom. The van der Waals surface area contributed by atoms with Crippen LogP contribution in [0.25, 0.3) is 16.9 Å². The van der Waals surface area contributed by atoms with E-state index in [0.717, 1.165) is 28.2 Å². The Kier molecular flexibility index (Phi) is 4.18. The molecular formula is C21H23N5O. The summed E-state index contributed by atoms with van der Waals surface area (Å²) < 4.78 is 3.47. The molecule has 0 spiro atoms. The van der Waals surface area contributed by atoms with Gasteiger partial charge >= 0.3 is 0 Å². The Morgan fingerprint density at radius 1 is 1.15 bits per heavy atom. The molecule has 0 saturated carbocycles. The van der Waals surface area contributed by atoms with E-state index in [0.29, 0.717) is 12.2 Å². The van der Waals surface area contributed by atoms with Crippen molar-refractivity contribution in [3.05, 3.63) is 75.5 Å². The third-order valence-electron chi connectivity index (χ3n) is 5.06. The molecule has 6 heteroatoms. The Morgan fingerprint density at radius 3 is 2.67 bits per heavy atom. The number of H-pyrrole nitrogens is 1.